The van der Waals surface area contributed by atoms with Crippen LogP contribution in [0.15, 0.2) is 84.5 Å². The molecule has 0 atom stereocenters. The van der Waals surface area contributed by atoms with E-state index >= 15 is 0 Å². The van der Waals surface area contributed by atoms with Crippen LogP contribution in [-0.2, 0) is 6.54 Å². The number of hydrogen-bond acceptors (Lipinski definition) is 7. The number of para-hydroxylation sites is 1. The number of ether oxygens (including phenoxy) is 1. The van der Waals surface area contributed by atoms with Gasteiger partial charge < -0.3 is 14.3 Å². The monoisotopic (exact) mass is 490 g/mol. The van der Waals surface area contributed by atoms with E-state index in [4.69, 9.17) is 9.15 Å². The summed E-state index contributed by atoms with van der Waals surface area (Å²) in [4.78, 5) is 31.5. The van der Waals surface area contributed by atoms with Gasteiger partial charge in [-0.1, -0.05) is 36.0 Å². The SMILES string of the molecule is COc1ccccc1Sc1c(O)c2c(=O)n(Cc3ccc(F)cc3)c3nc(C)ccc3c2oc1=O. The minimum absolute atomic E-state index is 0.0419. The Morgan fingerprint density at radius 1 is 1.09 bits per heavy atom. The number of aryl methyl sites for hydroxylation is 1. The minimum atomic E-state index is -0.788. The molecule has 0 saturated heterocycles. The van der Waals surface area contributed by atoms with Crippen molar-refractivity contribution in [2.24, 2.45) is 0 Å². The summed E-state index contributed by atoms with van der Waals surface area (Å²) in [6.45, 7) is 1.85. The highest BCUT2D eigenvalue weighted by Gasteiger charge is 2.23. The fourth-order valence-corrected chi connectivity index (χ4v) is 4.82. The van der Waals surface area contributed by atoms with Crippen molar-refractivity contribution in [3.63, 3.8) is 0 Å². The maximum absolute atomic E-state index is 13.7. The highest BCUT2D eigenvalue weighted by atomic mass is 32.2. The summed E-state index contributed by atoms with van der Waals surface area (Å²) in [6.07, 6.45) is 0. The molecular formula is C26H19FN2O5S. The van der Waals surface area contributed by atoms with Crippen molar-refractivity contribution >= 4 is 33.8 Å². The van der Waals surface area contributed by atoms with E-state index < -0.39 is 22.8 Å². The van der Waals surface area contributed by atoms with Gasteiger partial charge in [0.15, 0.2) is 11.3 Å². The van der Waals surface area contributed by atoms with Crippen LogP contribution < -0.4 is 15.9 Å². The van der Waals surface area contributed by atoms with Crippen LogP contribution in [0, 0.1) is 12.7 Å². The number of methoxy groups -OCH3 is 1. The molecule has 0 aliphatic carbocycles. The lowest BCUT2D eigenvalue weighted by Crippen LogP contribution is -2.23. The molecule has 0 fully saturated rings. The highest BCUT2D eigenvalue weighted by Crippen LogP contribution is 2.40. The molecule has 0 bridgehead atoms. The highest BCUT2D eigenvalue weighted by molar-refractivity contribution is 7.99. The fourth-order valence-electron chi connectivity index (χ4n) is 3.88. The van der Waals surface area contributed by atoms with E-state index in [-0.39, 0.29) is 22.4 Å². The van der Waals surface area contributed by atoms with Crippen molar-refractivity contribution < 1.29 is 18.7 Å². The molecule has 3 heterocycles. The zero-order valence-corrected chi connectivity index (χ0v) is 19.6. The van der Waals surface area contributed by atoms with Crippen LogP contribution in [0.5, 0.6) is 11.5 Å². The molecule has 0 aliphatic rings. The van der Waals surface area contributed by atoms with Crippen LogP contribution in [0.1, 0.15) is 11.3 Å². The van der Waals surface area contributed by atoms with Gasteiger partial charge in [-0.3, -0.25) is 9.36 Å². The topological polar surface area (TPSA) is 94.6 Å². The predicted molar refractivity (Wildman–Crippen MR) is 131 cm³/mol. The molecule has 3 aromatic heterocycles. The summed E-state index contributed by atoms with van der Waals surface area (Å²) < 4.78 is 25.7. The number of aromatic hydroxyl groups is 1. The molecule has 176 valence electrons. The van der Waals surface area contributed by atoms with Gasteiger partial charge in [-0.15, -0.1) is 0 Å². The summed E-state index contributed by atoms with van der Waals surface area (Å²) in [5.74, 6) is -0.369. The van der Waals surface area contributed by atoms with Crippen LogP contribution in [0.4, 0.5) is 4.39 Å². The number of fused-ring (bicyclic) bond motifs is 3. The summed E-state index contributed by atoms with van der Waals surface area (Å²) in [5, 5.41) is 11.4. The number of benzene rings is 2. The smallest absolute Gasteiger partial charge is 0.354 e. The van der Waals surface area contributed by atoms with Crippen LogP contribution in [-0.4, -0.2) is 21.8 Å². The Kier molecular flexibility index (Phi) is 5.78. The van der Waals surface area contributed by atoms with Gasteiger partial charge in [0.25, 0.3) is 5.56 Å². The zero-order valence-electron chi connectivity index (χ0n) is 18.7. The molecule has 35 heavy (non-hydrogen) atoms. The van der Waals surface area contributed by atoms with E-state index in [0.29, 0.717) is 32.9 Å². The quantitative estimate of drug-likeness (QED) is 0.352. The number of hydrogen-bond donors (Lipinski definition) is 1. The maximum Gasteiger partial charge on any atom is 0.354 e. The van der Waals surface area contributed by atoms with Crippen LogP contribution in [0.3, 0.4) is 0 Å². The lowest BCUT2D eigenvalue weighted by atomic mass is 10.1. The first kappa shape index (κ1) is 22.7. The molecule has 0 saturated carbocycles. The molecule has 0 aliphatic heterocycles. The first-order valence-electron chi connectivity index (χ1n) is 10.6. The van der Waals surface area contributed by atoms with Crippen LogP contribution in [0.2, 0.25) is 0 Å². The molecule has 5 aromatic rings. The largest absolute Gasteiger partial charge is 0.505 e. The van der Waals surface area contributed by atoms with Crippen molar-refractivity contribution in [1.82, 2.24) is 9.55 Å². The molecule has 0 spiro atoms. The second-order valence-electron chi connectivity index (χ2n) is 7.87. The van der Waals surface area contributed by atoms with Crippen LogP contribution >= 0.6 is 11.8 Å². The average Bonchev–Trinajstić information content (AvgIpc) is 2.85. The first-order chi connectivity index (χ1) is 16.9. The standard InChI is InChI=1S/C26H19FN2O5S/c1-14-7-12-17-22-20(25(31)29(24(17)28-14)13-15-8-10-16(27)11-9-15)21(30)23(26(32)34-22)35-19-6-4-3-5-18(19)33-2/h3-12,30H,13H2,1-2H3. The first-order valence-corrected chi connectivity index (χ1v) is 11.4. The molecule has 0 amide bonds. The number of rotatable bonds is 5. The lowest BCUT2D eigenvalue weighted by molar-refractivity contribution is 0.404. The van der Waals surface area contributed by atoms with Gasteiger partial charge in [-0.05, 0) is 48.9 Å². The third-order valence-electron chi connectivity index (χ3n) is 5.57. The Labute approximate surface area is 202 Å². The second kappa shape index (κ2) is 8.92. The summed E-state index contributed by atoms with van der Waals surface area (Å²) in [6, 6.07) is 16.2. The third kappa shape index (κ3) is 4.04. The van der Waals surface area contributed by atoms with Crippen molar-refractivity contribution in [2.45, 2.75) is 23.3 Å². The molecule has 0 unspecified atom stereocenters. The van der Waals surface area contributed by atoms with Gasteiger partial charge in [0.05, 0.1) is 23.9 Å². The molecule has 9 heteroatoms. The van der Waals surface area contributed by atoms with Crippen molar-refractivity contribution in [3.8, 4) is 11.5 Å². The van der Waals surface area contributed by atoms with Gasteiger partial charge >= 0.3 is 5.63 Å². The van der Waals surface area contributed by atoms with Gasteiger partial charge in [-0.2, -0.15) is 0 Å². The molecule has 0 radical (unpaired) electrons. The van der Waals surface area contributed by atoms with Crippen molar-refractivity contribution in [3.05, 3.63) is 98.5 Å². The van der Waals surface area contributed by atoms with E-state index in [1.54, 1.807) is 55.5 Å². The predicted octanol–water partition coefficient (Wildman–Crippen LogP) is 4.86. The van der Waals surface area contributed by atoms with Gasteiger partial charge in [0.1, 0.15) is 27.5 Å². The van der Waals surface area contributed by atoms with Crippen molar-refractivity contribution in [1.29, 1.82) is 0 Å². The molecule has 2 aromatic carbocycles. The Bertz CT molecular complexity index is 1710. The van der Waals surface area contributed by atoms with Crippen molar-refractivity contribution in [2.75, 3.05) is 7.11 Å². The summed E-state index contributed by atoms with van der Waals surface area (Å²) in [5.41, 5.74) is 0.192. The summed E-state index contributed by atoms with van der Waals surface area (Å²) in [7, 11) is 1.50. The normalized spacial score (nSPS) is 11.3. The average molecular weight is 491 g/mol. The molecular weight excluding hydrogens is 471 g/mol. The van der Waals surface area contributed by atoms with E-state index in [2.05, 4.69) is 4.98 Å². The Morgan fingerprint density at radius 2 is 1.83 bits per heavy atom. The number of aromatic nitrogens is 2. The van der Waals surface area contributed by atoms with Gasteiger partial charge in [-0.25, -0.2) is 14.2 Å². The third-order valence-corrected chi connectivity index (χ3v) is 6.69. The molecule has 1 N–H and O–H groups in total. The lowest BCUT2D eigenvalue weighted by Gasteiger charge is -2.14. The number of nitrogens with zero attached hydrogens (tertiary/aromatic N) is 2. The minimum Gasteiger partial charge on any atom is -0.505 e. The van der Waals surface area contributed by atoms with E-state index in [1.165, 1.54) is 23.8 Å². The Hall–Kier alpha value is -4.11. The molecule has 5 rings (SSSR count). The number of halogens is 1. The van der Waals surface area contributed by atoms with Crippen LogP contribution in [0.25, 0.3) is 22.0 Å². The van der Waals surface area contributed by atoms with E-state index in [0.717, 1.165) is 11.8 Å². The van der Waals surface area contributed by atoms with Gasteiger partial charge in [0.2, 0.25) is 0 Å². The number of pyridine rings is 2. The van der Waals surface area contributed by atoms with E-state index in [1.807, 2.05) is 0 Å². The second-order valence-corrected chi connectivity index (χ2v) is 8.92. The Morgan fingerprint density at radius 3 is 2.57 bits per heavy atom. The van der Waals surface area contributed by atoms with Gasteiger partial charge in [0, 0.05) is 5.69 Å². The maximum atomic E-state index is 13.7. The fraction of sp³-hybridized carbons (Fsp3) is 0.115. The zero-order chi connectivity index (χ0) is 24.7. The van der Waals surface area contributed by atoms with E-state index in [9.17, 15) is 19.1 Å². The Balaban J connectivity index is 1.79. The summed E-state index contributed by atoms with van der Waals surface area (Å²) >= 11 is 0.948. The molecule has 7 nitrogen and oxygen atoms in total.